The number of benzene rings is 2. The van der Waals surface area contributed by atoms with Crippen molar-refractivity contribution in [1.29, 1.82) is 0 Å². The van der Waals surface area contributed by atoms with Crippen LogP contribution in [-0.4, -0.2) is 47.5 Å². The molecule has 0 bridgehead atoms. The predicted octanol–water partition coefficient (Wildman–Crippen LogP) is 4.35. The van der Waals surface area contributed by atoms with Crippen molar-refractivity contribution >= 4 is 17.8 Å². The molecule has 2 rings (SSSR count). The Morgan fingerprint density at radius 2 is 1.68 bits per heavy atom. The first-order valence-corrected chi connectivity index (χ1v) is 12.6. The quantitative estimate of drug-likeness (QED) is 0.189. The first-order valence-electron chi connectivity index (χ1n) is 12.6. The van der Waals surface area contributed by atoms with Crippen LogP contribution >= 0.6 is 0 Å². The number of aliphatic hydroxyl groups excluding tert-OH is 1. The van der Waals surface area contributed by atoms with Crippen molar-refractivity contribution in [1.82, 2.24) is 10.2 Å². The minimum absolute atomic E-state index is 0.0118. The number of aliphatic hydroxyl groups is 1. The normalized spacial score (nSPS) is 12.1. The smallest absolute Gasteiger partial charge is 0.305 e. The summed E-state index contributed by atoms with van der Waals surface area (Å²) in [6, 6.07) is 18.2. The number of esters is 1. The topological polar surface area (TPSA) is 95.9 Å². The van der Waals surface area contributed by atoms with Crippen LogP contribution in [-0.2, 0) is 25.7 Å². The Hall–Kier alpha value is -3.71. The van der Waals surface area contributed by atoms with Crippen LogP contribution < -0.4 is 5.32 Å². The van der Waals surface area contributed by atoms with Crippen molar-refractivity contribution in [2.24, 2.45) is 5.92 Å². The van der Waals surface area contributed by atoms with Crippen LogP contribution in [0.1, 0.15) is 49.3 Å². The molecule has 7 nitrogen and oxygen atoms in total. The third-order valence-corrected chi connectivity index (χ3v) is 5.90. The van der Waals surface area contributed by atoms with Crippen molar-refractivity contribution in [2.75, 3.05) is 19.8 Å². The van der Waals surface area contributed by atoms with Crippen LogP contribution in [0.2, 0.25) is 0 Å². The fourth-order valence-electron chi connectivity index (χ4n) is 3.88. The summed E-state index contributed by atoms with van der Waals surface area (Å²) in [5.41, 5.74) is 1.73. The van der Waals surface area contributed by atoms with Gasteiger partial charge in [0.1, 0.15) is 6.61 Å². The molecule has 2 N–H and O–H groups in total. The lowest BCUT2D eigenvalue weighted by Crippen LogP contribution is -2.40. The molecule has 0 spiro atoms. The van der Waals surface area contributed by atoms with E-state index < -0.39 is 12.0 Å². The van der Waals surface area contributed by atoms with Gasteiger partial charge in [0.05, 0.1) is 18.6 Å². The van der Waals surface area contributed by atoms with E-state index in [1.54, 1.807) is 17.1 Å². The van der Waals surface area contributed by atoms with Crippen LogP contribution in [0.5, 0.6) is 0 Å². The zero-order chi connectivity index (χ0) is 26.9. The van der Waals surface area contributed by atoms with E-state index in [-0.39, 0.29) is 50.4 Å². The molecule has 0 unspecified atom stereocenters. The third kappa shape index (κ3) is 10.8. The number of carbonyl (C=O) groups excluding carboxylic acids is 3. The molecule has 0 heterocycles. The van der Waals surface area contributed by atoms with E-state index in [4.69, 9.17) is 4.74 Å². The van der Waals surface area contributed by atoms with Crippen LogP contribution in [0.4, 0.5) is 0 Å². The Kier molecular flexibility index (Phi) is 13.5. The molecule has 0 aliphatic heterocycles. The van der Waals surface area contributed by atoms with Gasteiger partial charge >= 0.3 is 5.97 Å². The Morgan fingerprint density at radius 3 is 2.30 bits per heavy atom. The molecule has 0 saturated carbocycles. The van der Waals surface area contributed by atoms with Gasteiger partial charge in [-0.1, -0.05) is 72.8 Å². The molecular weight excluding hydrogens is 468 g/mol. The summed E-state index contributed by atoms with van der Waals surface area (Å²) in [5.74, 6) is -1.55. The van der Waals surface area contributed by atoms with Gasteiger partial charge in [0.2, 0.25) is 11.8 Å². The standard InChI is InChI=1S/C30H38N2O5/c1-3-5-8-18-29(35)37-23-27(25-16-11-7-12-17-25)31-30(36)26(13-4-2)21-28(34)32(19-20-33)22-24-14-9-6-10-15-24/h3-4,6-7,9-12,14-17,26-27,33H,1-2,5,8,13,18-23H2,(H,31,36)/t26-,27+/m1/s1. The lowest BCUT2D eigenvalue weighted by Gasteiger charge is -2.26. The fraction of sp³-hybridized carbons (Fsp3) is 0.367. The van der Waals surface area contributed by atoms with Gasteiger partial charge in [-0.3, -0.25) is 14.4 Å². The third-order valence-electron chi connectivity index (χ3n) is 5.90. The fourth-order valence-corrected chi connectivity index (χ4v) is 3.88. The molecule has 0 saturated heterocycles. The number of unbranched alkanes of at least 4 members (excludes halogenated alkanes) is 1. The van der Waals surface area contributed by atoms with Crippen molar-refractivity contribution in [3.05, 3.63) is 97.1 Å². The van der Waals surface area contributed by atoms with Gasteiger partial charge in [-0.05, 0) is 30.4 Å². The molecule has 0 aromatic heterocycles. The highest BCUT2D eigenvalue weighted by Gasteiger charge is 2.27. The van der Waals surface area contributed by atoms with Crippen molar-refractivity contribution in [3.63, 3.8) is 0 Å². The van der Waals surface area contributed by atoms with E-state index in [1.165, 1.54) is 0 Å². The predicted molar refractivity (Wildman–Crippen MR) is 144 cm³/mol. The second-order valence-electron chi connectivity index (χ2n) is 8.79. The van der Waals surface area contributed by atoms with E-state index in [0.29, 0.717) is 19.4 Å². The molecule has 2 amide bonds. The molecule has 198 valence electrons. The lowest BCUT2D eigenvalue weighted by molar-refractivity contribution is -0.145. The molecule has 0 aliphatic rings. The first kappa shape index (κ1) is 29.5. The number of amides is 2. The second-order valence-corrected chi connectivity index (χ2v) is 8.79. The first-order chi connectivity index (χ1) is 18.0. The largest absolute Gasteiger partial charge is 0.463 e. The minimum Gasteiger partial charge on any atom is -0.463 e. The van der Waals surface area contributed by atoms with Gasteiger partial charge in [0.15, 0.2) is 0 Å². The maximum atomic E-state index is 13.3. The van der Waals surface area contributed by atoms with Crippen molar-refractivity contribution < 1.29 is 24.2 Å². The van der Waals surface area contributed by atoms with Gasteiger partial charge in [-0.25, -0.2) is 0 Å². The Balaban J connectivity index is 2.09. The highest BCUT2D eigenvalue weighted by atomic mass is 16.5. The molecule has 0 radical (unpaired) electrons. The molecular formula is C30H38N2O5. The number of hydrogen-bond donors (Lipinski definition) is 2. The minimum atomic E-state index is -0.656. The molecule has 37 heavy (non-hydrogen) atoms. The number of carbonyl (C=O) groups is 3. The van der Waals surface area contributed by atoms with Crippen molar-refractivity contribution in [2.45, 2.75) is 44.7 Å². The van der Waals surface area contributed by atoms with E-state index in [0.717, 1.165) is 17.5 Å². The molecule has 0 aliphatic carbocycles. The van der Waals surface area contributed by atoms with E-state index in [1.807, 2.05) is 60.7 Å². The van der Waals surface area contributed by atoms with E-state index in [9.17, 15) is 19.5 Å². The number of allylic oxidation sites excluding steroid dienone is 2. The second kappa shape index (κ2) is 16.9. The maximum absolute atomic E-state index is 13.3. The molecule has 0 fully saturated rings. The summed E-state index contributed by atoms with van der Waals surface area (Å²) in [7, 11) is 0. The highest BCUT2D eigenvalue weighted by Crippen LogP contribution is 2.19. The SMILES string of the molecule is C=CCCCC(=O)OC[C@H](NC(=O)[C@H](CC=C)CC(=O)N(CCO)Cc1ccccc1)c1ccccc1. The van der Waals surface area contributed by atoms with Crippen molar-refractivity contribution in [3.8, 4) is 0 Å². The van der Waals surface area contributed by atoms with E-state index in [2.05, 4.69) is 18.5 Å². The van der Waals surface area contributed by atoms with Gasteiger partial charge in [-0.15, -0.1) is 13.2 Å². The van der Waals surface area contributed by atoms with Crippen LogP contribution in [0.25, 0.3) is 0 Å². The number of nitrogens with one attached hydrogen (secondary N) is 1. The van der Waals surface area contributed by atoms with Gasteiger partial charge in [0.25, 0.3) is 0 Å². The lowest BCUT2D eigenvalue weighted by atomic mass is 9.98. The number of rotatable bonds is 17. The Morgan fingerprint density at radius 1 is 1.00 bits per heavy atom. The monoisotopic (exact) mass is 506 g/mol. The van der Waals surface area contributed by atoms with E-state index >= 15 is 0 Å². The zero-order valence-corrected chi connectivity index (χ0v) is 21.4. The molecule has 7 heteroatoms. The Labute approximate surface area is 219 Å². The molecule has 2 aromatic rings. The highest BCUT2D eigenvalue weighted by molar-refractivity contribution is 5.86. The summed E-state index contributed by atoms with van der Waals surface area (Å²) >= 11 is 0. The van der Waals surface area contributed by atoms with Crippen LogP contribution in [0.15, 0.2) is 86.0 Å². The molecule has 2 aromatic carbocycles. The van der Waals surface area contributed by atoms with Gasteiger partial charge < -0.3 is 20.1 Å². The van der Waals surface area contributed by atoms with Crippen LogP contribution in [0, 0.1) is 5.92 Å². The number of nitrogens with zero attached hydrogens (tertiary/aromatic N) is 1. The summed E-state index contributed by atoms with van der Waals surface area (Å²) in [6.07, 6.45) is 5.29. The summed E-state index contributed by atoms with van der Waals surface area (Å²) in [4.78, 5) is 40.2. The van der Waals surface area contributed by atoms with Crippen LogP contribution in [0.3, 0.4) is 0 Å². The zero-order valence-electron chi connectivity index (χ0n) is 21.4. The van der Waals surface area contributed by atoms with Gasteiger partial charge in [0, 0.05) is 25.9 Å². The average molecular weight is 507 g/mol. The maximum Gasteiger partial charge on any atom is 0.305 e. The summed E-state index contributed by atoms with van der Waals surface area (Å²) in [5, 5.41) is 12.5. The number of hydrogen-bond acceptors (Lipinski definition) is 5. The Bertz CT molecular complexity index is 994. The molecule has 2 atom stereocenters. The number of ether oxygens (including phenoxy) is 1. The summed E-state index contributed by atoms with van der Waals surface area (Å²) < 4.78 is 5.45. The van der Waals surface area contributed by atoms with Gasteiger partial charge in [-0.2, -0.15) is 0 Å². The average Bonchev–Trinajstić information content (AvgIpc) is 2.91. The summed E-state index contributed by atoms with van der Waals surface area (Å²) in [6.45, 7) is 7.73.